The van der Waals surface area contributed by atoms with Crippen LogP contribution in [0.3, 0.4) is 0 Å². The van der Waals surface area contributed by atoms with Crippen molar-refractivity contribution in [3.63, 3.8) is 0 Å². The van der Waals surface area contributed by atoms with Crippen molar-refractivity contribution in [2.75, 3.05) is 5.75 Å². The molecule has 2 rings (SSSR count). The first kappa shape index (κ1) is 11.1. The second kappa shape index (κ2) is 4.61. The predicted octanol–water partition coefficient (Wildman–Crippen LogP) is 3.64. The highest BCUT2D eigenvalue weighted by Crippen LogP contribution is 2.39. The molecule has 0 spiro atoms. The number of benzene rings is 1. The largest absolute Gasteiger partial charge is 0.192 e. The lowest BCUT2D eigenvalue weighted by Gasteiger charge is -2.18. The van der Waals surface area contributed by atoms with Gasteiger partial charge in [0.1, 0.15) is 17.7 Å². The zero-order chi connectivity index (χ0) is 11.5. The topological polar surface area (TPSA) is 47.6 Å². The van der Waals surface area contributed by atoms with Crippen molar-refractivity contribution >= 4 is 28.9 Å². The van der Waals surface area contributed by atoms with E-state index in [1.54, 1.807) is 11.8 Å². The van der Waals surface area contributed by atoms with Gasteiger partial charge in [0, 0.05) is 15.7 Å². The third-order valence-electron chi connectivity index (χ3n) is 2.40. The van der Waals surface area contributed by atoms with Crippen LogP contribution in [0.15, 0.2) is 28.7 Å². The van der Waals surface area contributed by atoms with Crippen LogP contribution in [-0.4, -0.2) is 5.75 Å². The molecule has 2 nitrogen and oxygen atoms in total. The zero-order valence-corrected chi connectivity index (χ0v) is 9.90. The summed E-state index contributed by atoms with van der Waals surface area (Å²) < 4.78 is 0. The average molecular weight is 247 g/mol. The molecule has 0 unspecified atom stereocenters. The minimum absolute atomic E-state index is 0.198. The molecule has 0 atom stereocenters. The number of halogens is 1. The van der Waals surface area contributed by atoms with Crippen LogP contribution in [0, 0.1) is 22.7 Å². The van der Waals surface area contributed by atoms with Gasteiger partial charge in [-0.25, -0.2) is 0 Å². The molecule has 0 saturated heterocycles. The highest BCUT2D eigenvalue weighted by molar-refractivity contribution is 7.99. The summed E-state index contributed by atoms with van der Waals surface area (Å²) in [7, 11) is 0. The lowest BCUT2D eigenvalue weighted by Crippen LogP contribution is -2.00. The van der Waals surface area contributed by atoms with Gasteiger partial charge in [0.25, 0.3) is 0 Å². The van der Waals surface area contributed by atoms with Crippen LogP contribution >= 0.6 is 23.4 Å². The molecular weight excluding hydrogens is 240 g/mol. The molecule has 0 aliphatic carbocycles. The fourth-order valence-corrected chi connectivity index (χ4v) is 2.88. The molecule has 1 aliphatic heterocycles. The highest BCUT2D eigenvalue weighted by atomic mass is 35.5. The summed E-state index contributed by atoms with van der Waals surface area (Å²) >= 11 is 7.66. The van der Waals surface area contributed by atoms with Crippen molar-refractivity contribution in [1.82, 2.24) is 0 Å². The van der Waals surface area contributed by atoms with Crippen molar-refractivity contribution < 1.29 is 0 Å². The molecule has 1 aromatic rings. The quantitative estimate of drug-likeness (QED) is 0.657. The number of thioether (sulfide) groups is 1. The molecule has 0 amide bonds. The minimum atomic E-state index is 0.198. The molecule has 78 valence electrons. The van der Waals surface area contributed by atoms with Crippen LogP contribution in [0.2, 0.25) is 5.02 Å². The predicted molar refractivity (Wildman–Crippen MR) is 64.9 cm³/mol. The first-order chi connectivity index (χ1) is 7.76. The van der Waals surface area contributed by atoms with Crippen molar-refractivity contribution in [2.45, 2.75) is 11.3 Å². The molecule has 0 aromatic heterocycles. The summed E-state index contributed by atoms with van der Waals surface area (Å²) in [5.74, 6) is 0.900. The number of rotatable bonds is 0. The van der Waals surface area contributed by atoms with E-state index in [0.29, 0.717) is 5.02 Å². The van der Waals surface area contributed by atoms with E-state index in [9.17, 15) is 0 Å². The summed E-state index contributed by atoms with van der Waals surface area (Å²) in [6, 6.07) is 9.49. The van der Waals surface area contributed by atoms with Gasteiger partial charge in [-0.05, 0) is 35.8 Å². The molecule has 1 aliphatic rings. The maximum Gasteiger partial charge on any atom is 0.133 e. The van der Waals surface area contributed by atoms with Crippen LogP contribution in [-0.2, 0) is 0 Å². The van der Waals surface area contributed by atoms with Crippen molar-refractivity contribution in [3.8, 4) is 12.1 Å². The van der Waals surface area contributed by atoms with Gasteiger partial charge in [-0.15, -0.1) is 11.8 Å². The lowest BCUT2D eigenvalue weighted by atomic mass is 9.98. The molecule has 16 heavy (non-hydrogen) atoms. The Morgan fingerprint density at radius 3 is 2.75 bits per heavy atom. The smallest absolute Gasteiger partial charge is 0.133 e. The third-order valence-corrected chi connectivity index (χ3v) is 3.71. The monoisotopic (exact) mass is 246 g/mol. The van der Waals surface area contributed by atoms with Gasteiger partial charge in [-0.3, -0.25) is 0 Å². The van der Waals surface area contributed by atoms with Crippen molar-refractivity contribution in [2.24, 2.45) is 0 Å². The summed E-state index contributed by atoms with van der Waals surface area (Å²) in [6.07, 6.45) is 0.745. The molecule has 0 fully saturated rings. The maximum atomic E-state index is 8.90. The van der Waals surface area contributed by atoms with E-state index in [1.165, 1.54) is 0 Å². The molecular formula is C12H7ClN2S. The fraction of sp³-hybridized carbons (Fsp3) is 0.167. The van der Waals surface area contributed by atoms with E-state index < -0.39 is 0 Å². The normalized spacial score (nSPS) is 13.6. The maximum absolute atomic E-state index is 8.90. The fourth-order valence-electron chi connectivity index (χ4n) is 1.68. The van der Waals surface area contributed by atoms with E-state index in [4.69, 9.17) is 22.1 Å². The minimum Gasteiger partial charge on any atom is -0.192 e. The number of allylic oxidation sites excluding steroid dienone is 2. The molecule has 0 N–H and O–H groups in total. The van der Waals surface area contributed by atoms with Crippen LogP contribution < -0.4 is 0 Å². The van der Waals surface area contributed by atoms with Gasteiger partial charge in [-0.2, -0.15) is 10.5 Å². The molecule has 0 bridgehead atoms. The van der Waals surface area contributed by atoms with E-state index in [1.807, 2.05) is 30.3 Å². The molecule has 4 heteroatoms. The third kappa shape index (κ3) is 1.93. The highest BCUT2D eigenvalue weighted by Gasteiger charge is 2.18. The van der Waals surface area contributed by atoms with E-state index in [0.717, 1.165) is 28.2 Å². The Kier molecular flexibility index (Phi) is 3.19. The van der Waals surface area contributed by atoms with Gasteiger partial charge in [0.15, 0.2) is 0 Å². The Balaban J connectivity index is 2.66. The number of nitriles is 2. The lowest BCUT2D eigenvalue weighted by molar-refractivity contribution is 1.18. The Labute approximate surface area is 103 Å². The average Bonchev–Trinajstić information content (AvgIpc) is 2.31. The van der Waals surface area contributed by atoms with Crippen LogP contribution in [0.1, 0.15) is 12.0 Å². The molecule has 1 heterocycles. The standard InChI is InChI=1S/C12H7ClN2S/c13-9-1-2-12-11(5-9)10(3-4-16-12)8(6-14)7-15/h1-2,5H,3-4H2. The van der Waals surface area contributed by atoms with E-state index in [-0.39, 0.29) is 5.57 Å². The second-order valence-corrected chi connectivity index (χ2v) is 4.89. The van der Waals surface area contributed by atoms with Gasteiger partial charge in [0.2, 0.25) is 0 Å². The first-order valence-electron chi connectivity index (χ1n) is 4.72. The zero-order valence-electron chi connectivity index (χ0n) is 8.33. The molecule has 0 radical (unpaired) electrons. The van der Waals surface area contributed by atoms with Crippen LogP contribution in [0.4, 0.5) is 0 Å². The van der Waals surface area contributed by atoms with Crippen LogP contribution in [0.5, 0.6) is 0 Å². The molecule has 0 saturated carbocycles. The van der Waals surface area contributed by atoms with Crippen molar-refractivity contribution in [1.29, 1.82) is 10.5 Å². The number of hydrogen-bond acceptors (Lipinski definition) is 3. The number of hydrogen-bond donors (Lipinski definition) is 0. The number of fused-ring (bicyclic) bond motifs is 1. The summed E-state index contributed by atoms with van der Waals surface area (Å²) in [5.41, 5.74) is 1.95. The van der Waals surface area contributed by atoms with Crippen LogP contribution in [0.25, 0.3) is 5.57 Å². The summed E-state index contributed by atoms with van der Waals surface area (Å²) in [4.78, 5) is 1.09. The molecule has 1 aromatic carbocycles. The SMILES string of the molecule is N#CC(C#N)=C1CCSc2ccc(Cl)cc21. The Bertz CT molecular complexity index is 533. The Hall–Kier alpha value is -1.42. The van der Waals surface area contributed by atoms with E-state index >= 15 is 0 Å². The Morgan fingerprint density at radius 1 is 1.31 bits per heavy atom. The Morgan fingerprint density at radius 2 is 2.06 bits per heavy atom. The first-order valence-corrected chi connectivity index (χ1v) is 6.08. The van der Waals surface area contributed by atoms with Gasteiger partial charge in [0.05, 0.1) is 0 Å². The summed E-state index contributed by atoms with van der Waals surface area (Å²) in [6.45, 7) is 0. The van der Waals surface area contributed by atoms with E-state index in [2.05, 4.69) is 0 Å². The second-order valence-electron chi connectivity index (χ2n) is 3.32. The number of nitrogens with zero attached hydrogens (tertiary/aromatic N) is 2. The van der Waals surface area contributed by atoms with Crippen molar-refractivity contribution in [3.05, 3.63) is 34.4 Å². The summed E-state index contributed by atoms with van der Waals surface area (Å²) in [5, 5.41) is 18.4. The van der Waals surface area contributed by atoms with Gasteiger partial charge in [-0.1, -0.05) is 11.6 Å². The van der Waals surface area contributed by atoms with Gasteiger partial charge >= 0.3 is 0 Å². The van der Waals surface area contributed by atoms with Gasteiger partial charge < -0.3 is 0 Å².